The highest BCUT2D eigenvalue weighted by Crippen LogP contribution is 2.38. The normalized spacial score (nSPS) is 13.3. The van der Waals surface area contributed by atoms with Crippen molar-refractivity contribution in [1.29, 1.82) is 10.8 Å². The third-order valence-corrected chi connectivity index (χ3v) is 6.76. The molecule has 39 heavy (non-hydrogen) atoms. The third kappa shape index (κ3) is 6.65. The molecular formula is C26H27F2N7O3S. The van der Waals surface area contributed by atoms with E-state index in [0.29, 0.717) is 16.6 Å². The molecule has 0 spiro atoms. The molecule has 0 bridgehead atoms. The van der Waals surface area contributed by atoms with E-state index in [1.807, 2.05) is 6.92 Å². The molecule has 0 aromatic carbocycles. The van der Waals surface area contributed by atoms with Crippen molar-refractivity contribution in [2.24, 2.45) is 5.92 Å². The molecule has 1 atom stereocenters. The van der Waals surface area contributed by atoms with Crippen LogP contribution in [0.2, 0.25) is 0 Å². The summed E-state index contributed by atoms with van der Waals surface area (Å²) < 4.78 is 37.6. The summed E-state index contributed by atoms with van der Waals surface area (Å²) in [4.78, 5) is 14.6. The minimum absolute atomic E-state index is 0.192. The van der Waals surface area contributed by atoms with E-state index < -0.39 is 18.3 Å². The van der Waals surface area contributed by atoms with E-state index in [1.54, 1.807) is 0 Å². The topological polar surface area (TPSA) is 140 Å². The fraction of sp³-hybridized carbons (Fsp3) is 0.346. The van der Waals surface area contributed by atoms with Crippen LogP contribution in [-0.4, -0.2) is 46.1 Å². The van der Waals surface area contributed by atoms with Crippen LogP contribution in [0, 0.1) is 35.5 Å². The van der Waals surface area contributed by atoms with E-state index in [-0.39, 0.29) is 34.6 Å². The Morgan fingerprint density at radius 3 is 2.62 bits per heavy atom. The maximum absolute atomic E-state index is 13.6. The summed E-state index contributed by atoms with van der Waals surface area (Å²) in [5, 5.41) is 30.2. The van der Waals surface area contributed by atoms with E-state index in [9.17, 15) is 13.9 Å². The number of halogens is 2. The van der Waals surface area contributed by atoms with Gasteiger partial charge in [-0.1, -0.05) is 23.2 Å². The fourth-order valence-corrected chi connectivity index (χ4v) is 4.37. The van der Waals surface area contributed by atoms with Crippen LogP contribution in [0.3, 0.4) is 0 Å². The first-order valence-corrected chi connectivity index (χ1v) is 12.7. The van der Waals surface area contributed by atoms with Crippen molar-refractivity contribution in [2.75, 3.05) is 24.4 Å². The van der Waals surface area contributed by atoms with Crippen LogP contribution in [0.1, 0.15) is 54.2 Å². The number of rotatable bonds is 7. The Morgan fingerprint density at radius 2 is 1.97 bits per heavy atom. The number of ether oxygens (including phenoxy) is 2. The number of methoxy groups -OCH3 is 1. The number of hydrogen-bond acceptors (Lipinski definition) is 10. The first-order chi connectivity index (χ1) is 18.6. The van der Waals surface area contributed by atoms with Gasteiger partial charge in [0.2, 0.25) is 0 Å². The first kappa shape index (κ1) is 27.9. The average Bonchev–Trinajstić information content (AvgIpc) is 3.67. The minimum Gasteiger partial charge on any atom is -0.494 e. The van der Waals surface area contributed by atoms with Gasteiger partial charge in [0.05, 0.1) is 19.0 Å². The fourth-order valence-electron chi connectivity index (χ4n) is 3.52. The molecule has 0 radical (unpaired) electrons. The number of amidine groups is 1. The molecule has 0 aliphatic heterocycles. The number of aliphatic hydroxyl groups excluding tert-OH is 1. The molecule has 1 aliphatic carbocycles. The van der Waals surface area contributed by atoms with Crippen LogP contribution in [-0.2, 0) is 4.74 Å². The summed E-state index contributed by atoms with van der Waals surface area (Å²) in [5.41, 5.74) is 1.03. The van der Waals surface area contributed by atoms with Gasteiger partial charge in [-0.2, -0.15) is 0 Å². The Balaban J connectivity index is 1.75. The number of aromatic nitrogens is 3. The van der Waals surface area contributed by atoms with Gasteiger partial charge in [-0.25, -0.2) is 18.7 Å². The van der Waals surface area contributed by atoms with Gasteiger partial charge in [-0.3, -0.25) is 20.7 Å². The van der Waals surface area contributed by atoms with Crippen LogP contribution in [0.15, 0.2) is 24.5 Å². The summed E-state index contributed by atoms with van der Waals surface area (Å²) in [6.45, 7) is 3.21. The van der Waals surface area contributed by atoms with Crippen molar-refractivity contribution in [3.8, 4) is 28.7 Å². The molecule has 4 rings (SSSR count). The van der Waals surface area contributed by atoms with Crippen LogP contribution in [0.25, 0.3) is 11.1 Å². The van der Waals surface area contributed by atoms with Crippen LogP contribution >= 0.6 is 11.3 Å². The number of pyridine rings is 2. The maximum atomic E-state index is 13.6. The zero-order valence-electron chi connectivity index (χ0n) is 21.7. The Labute approximate surface area is 228 Å². The summed E-state index contributed by atoms with van der Waals surface area (Å²) >= 11 is 1.30. The summed E-state index contributed by atoms with van der Waals surface area (Å²) in [7, 11) is 2.88. The number of hydrogen-bond donors (Lipinski definition) is 4. The highest BCUT2D eigenvalue weighted by molar-refractivity contribution is 7.16. The number of nitrogens with zero attached hydrogens (tertiary/aromatic N) is 4. The van der Waals surface area contributed by atoms with Gasteiger partial charge < -0.3 is 19.9 Å². The van der Waals surface area contributed by atoms with E-state index in [2.05, 4.69) is 32.1 Å². The third-order valence-electron chi connectivity index (χ3n) is 5.76. The van der Waals surface area contributed by atoms with Crippen molar-refractivity contribution in [1.82, 2.24) is 15.0 Å². The van der Waals surface area contributed by atoms with Gasteiger partial charge in [0.15, 0.2) is 17.3 Å². The predicted molar refractivity (Wildman–Crippen MR) is 145 cm³/mol. The summed E-state index contributed by atoms with van der Waals surface area (Å²) in [6, 6.07) is 2.31. The maximum Gasteiger partial charge on any atom is 0.296 e. The van der Waals surface area contributed by atoms with Gasteiger partial charge in [-0.05, 0) is 37.5 Å². The largest absolute Gasteiger partial charge is 0.494 e. The molecule has 3 heterocycles. The van der Waals surface area contributed by atoms with Crippen molar-refractivity contribution >= 4 is 34.2 Å². The van der Waals surface area contributed by atoms with Crippen molar-refractivity contribution in [2.45, 2.75) is 39.3 Å². The lowest BCUT2D eigenvalue weighted by molar-refractivity contribution is 0.146. The zero-order valence-corrected chi connectivity index (χ0v) is 22.5. The first-order valence-electron chi connectivity index (χ1n) is 11.9. The molecule has 0 amide bonds. The highest BCUT2D eigenvalue weighted by Gasteiger charge is 2.24. The van der Waals surface area contributed by atoms with Gasteiger partial charge in [0, 0.05) is 37.2 Å². The molecular weight excluding hydrogens is 528 g/mol. The van der Waals surface area contributed by atoms with E-state index in [0.717, 1.165) is 23.4 Å². The summed E-state index contributed by atoms with van der Waals surface area (Å²) in [6.07, 6.45) is 0.578. The molecule has 3 aromatic heterocycles. The van der Waals surface area contributed by atoms with Crippen LogP contribution in [0.4, 0.5) is 19.7 Å². The van der Waals surface area contributed by atoms with Crippen molar-refractivity contribution in [3.63, 3.8) is 0 Å². The number of nitrogens with one attached hydrogen (secondary N) is 3. The van der Waals surface area contributed by atoms with E-state index in [4.69, 9.17) is 20.3 Å². The smallest absolute Gasteiger partial charge is 0.296 e. The SMILES string of the molecule is COc1cnc(C(F)F)cc1-c1cc(N(C)C(=N)OC(C)=N)ncc1C(O)Nc1nc(C)c(C#CC2CC2)s1. The van der Waals surface area contributed by atoms with Gasteiger partial charge >= 0.3 is 0 Å². The highest BCUT2D eigenvalue weighted by atomic mass is 32.1. The van der Waals surface area contributed by atoms with E-state index in [1.165, 1.54) is 61.8 Å². The standard InChI is InChI=1S/C26H27F2N7O3S/c1-13-21(8-7-15-5-6-15)39-26(33-13)34-24(36)18-11-32-22(35(3)25(30)38-14(2)29)10-16(18)17-9-19(23(27)28)31-12-20(17)37-4/h9-12,15,23-24,29-30,36H,5-6H2,1-4H3,(H,33,34). The lowest BCUT2D eigenvalue weighted by atomic mass is 9.99. The lowest BCUT2D eigenvalue weighted by Crippen LogP contribution is -2.30. The number of alkyl halides is 2. The number of anilines is 2. The molecule has 4 N–H and O–H groups in total. The Kier molecular flexibility index (Phi) is 8.37. The molecule has 1 aliphatic rings. The molecule has 1 fully saturated rings. The molecule has 10 nitrogen and oxygen atoms in total. The molecule has 1 saturated carbocycles. The van der Waals surface area contributed by atoms with Gasteiger partial charge in [0.25, 0.3) is 12.4 Å². The number of aliphatic hydroxyl groups is 1. The second-order valence-electron chi connectivity index (χ2n) is 8.79. The molecule has 13 heteroatoms. The summed E-state index contributed by atoms with van der Waals surface area (Å²) in [5.74, 6) is 6.98. The lowest BCUT2D eigenvalue weighted by Gasteiger charge is -2.22. The predicted octanol–water partition coefficient (Wildman–Crippen LogP) is 5.10. The molecule has 204 valence electrons. The second kappa shape index (κ2) is 11.7. The van der Waals surface area contributed by atoms with E-state index >= 15 is 0 Å². The monoisotopic (exact) mass is 555 g/mol. The quantitative estimate of drug-likeness (QED) is 0.137. The average molecular weight is 556 g/mol. The minimum atomic E-state index is -2.84. The molecule has 1 unspecified atom stereocenters. The zero-order chi connectivity index (χ0) is 28.3. The Hall–Kier alpha value is -4.15. The van der Waals surface area contributed by atoms with Crippen LogP contribution < -0.4 is 15.0 Å². The Bertz CT molecular complexity index is 1460. The number of aryl methyl sites for hydroxylation is 1. The van der Waals surface area contributed by atoms with Gasteiger partial charge in [0.1, 0.15) is 22.1 Å². The Morgan fingerprint density at radius 1 is 1.23 bits per heavy atom. The molecule has 0 saturated heterocycles. The van der Waals surface area contributed by atoms with Crippen LogP contribution in [0.5, 0.6) is 5.75 Å². The van der Waals surface area contributed by atoms with Crippen molar-refractivity contribution < 1.29 is 23.4 Å². The van der Waals surface area contributed by atoms with Crippen molar-refractivity contribution in [3.05, 3.63) is 46.4 Å². The second-order valence-corrected chi connectivity index (χ2v) is 9.79. The van der Waals surface area contributed by atoms with Gasteiger partial charge in [-0.15, -0.1) is 0 Å². The molecule has 3 aromatic rings. The number of thiazole rings is 1.